The van der Waals surface area contributed by atoms with Crippen LogP contribution in [0.1, 0.15) is 23.2 Å². The van der Waals surface area contributed by atoms with Crippen LogP contribution in [0.2, 0.25) is 5.02 Å². The Kier molecular flexibility index (Phi) is 6.00. The molecule has 5 nitrogen and oxygen atoms in total. The van der Waals surface area contributed by atoms with Gasteiger partial charge in [0.05, 0.1) is 12.2 Å². The van der Waals surface area contributed by atoms with Gasteiger partial charge in [0.25, 0.3) is 0 Å². The van der Waals surface area contributed by atoms with E-state index < -0.39 is 5.97 Å². The summed E-state index contributed by atoms with van der Waals surface area (Å²) in [5, 5.41) is 12.2. The minimum Gasteiger partial charge on any atom is -0.494 e. The Labute approximate surface area is 138 Å². The molecule has 0 unspecified atom stereocenters. The van der Waals surface area contributed by atoms with E-state index in [1.807, 2.05) is 0 Å². The number of hydrogen-bond acceptors (Lipinski definition) is 3. The van der Waals surface area contributed by atoms with Crippen LogP contribution in [0.15, 0.2) is 48.5 Å². The van der Waals surface area contributed by atoms with Crippen molar-refractivity contribution < 1.29 is 19.4 Å². The Morgan fingerprint density at radius 3 is 2.30 bits per heavy atom. The first kappa shape index (κ1) is 16.8. The van der Waals surface area contributed by atoms with Gasteiger partial charge in [-0.3, -0.25) is 4.79 Å². The largest absolute Gasteiger partial charge is 0.494 e. The summed E-state index contributed by atoms with van der Waals surface area (Å²) >= 11 is 5.78. The molecule has 2 rings (SSSR count). The lowest BCUT2D eigenvalue weighted by Gasteiger charge is -2.07. The number of amides is 1. The number of nitrogens with one attached hydrogen (secondary N) is 1. The summed E-state index contributed by atoms with van der Waals surface area (Å²) < 4.78 is 5.50. The second-order valence-corrected chi connectivity index (χ2v) is 5.27. The van der Waals surface area contributed by atoms with Gasteiger partial charge in [-0.15, -0.1) is 0 Å². The molecular formula is C17H16ClNO4. The van der Waals surface area contributed by atoms with Gasteiger partial charge in [0.2, 0.25) is 5.91 Å². The van der Waals surface area contributed by atoms with Crippen molar-refractivity contribution in [1.82, 2.24) is 0 Å². The zero-order valence-electron chi connectivity index (χ0n) is 12.3. The van der Waals surface area contributed by atoms with Gasteiger partial charge in [-0.2, -0.15) is 0 Å². The average Bonchev–Trinajstić information content (AvgIpc) is 2.54. The van der Waals surface area contributed by atoms with Crippen molar-refractivity contribution in [2.45, 2.75) is 12.8 Å². The highest BCUT2D eigenvalue weighted by molar-refractivity contribution is 6.30. The van der Waals surface area contributed by atoms with Gasteiger partial charge in [0.1, 0.15) is 5.75 Å². The fraction of sp³-hybridized carbons (Fsp3) is 0.176. The highest BCUT2D eigenvalue weighted by Gasteiger charge is 2.05. The Bertz CT molecular complexity index is 668. The SMILES string of the molecule is O=C(CCCOc1ccc(Cl)cc1)Nc1ccc(C(=O)O)cc1. The lowest BCUT2D eigenvalue weighted by molar-refractivity contribution is -0.116. The van der Waals surface area contributed by atoms with Gasteiger partial charge in [0, 0.05) is 17.1 Å². The molecule has 0 saturated carbocycles. The third kappa shape index (κ3) is 5.64. The quantitative estimate of drug-likeness (QED) is 0.755. The van der Waals surface area contributed by atoms with Crippen LogP contribution in [0.3, 0.4) is 0 Å². The Morgan fingerprint density at radius 1 is 1.04 bits per heavy atom. The van der Waals surface area contributed by atoms with E-state index in [4.69, 9.17) is 21.4 Å². The molecule has 0 aliphatic rings. The van der Waals surface area contributed by atoms with E-state index in [2.05, 4.69) is 5.32 Å². The van der Waals surface area contributed by atoms with Gasteiger partial charge in [-0.05, 0) is 55.0 Å². The fourth-order valence-electron chi connectivity index (χ4n) is 1.87. The van der Waals surface area contributed by atoms with E-state index in [0.29, 0.717) is 35.9 Å². The summed E-state index contributed by atoms with van der Waals surface area (Å²) in [6, 6.07) is 13.0. The molecule has 0 bridgehead atoms. The maximum atomic E-state index is 11.8. The summed E-state index contributed by atoms with van der Waals surface area (Å²) in [6.45, 7) is 0.424. The van der Waals surface area contributed by atoms with E-state index in [-0.39, 0.29) is 11.5 Å². The molecule has 0 aliphatic heterocycles. The van der Waals surface area contributed by atoms with Crippen molar-refractivity contribution in [3.8, 4) is 5.75 Å². The van der Waals surface area contributed by atoms with Crippen molar-refractivity contribution in [1.29, 1.82) is 0 Å². The minimum atomic E-state index is -0.998. The molecule has 0 radical (unpaired) electrons. The maximum absolute atomic E-state index is 11.8. The van der Waals surface area contributed by atoms with E-state index >= 15 is 0 Å². The first-order chi connectivity index (χ1) is 11.0. The standard InChI is InChI=1S/C17H16ClNO4/c18-13-5-9-15(10-6-13)23-11-1-2-16(20)19-14-7-3-12(4-8-14)17(21)22/h3-10H,1-2,11H2,(H,19,20)(H,21,22). The van der Waals surface area contributed by atoms with Crippen LogP contribution < -0.4 is 10.1 Å². The smallest absolute Gasteiger partial charge is 0.335 e. The number of carboxylic acids is 1. The summed E-state index contributed by atoms with van der Waals surface area (Å²) in [6.07, 6.45) is 0.885. The number of carbonyl (C=O) groups is 2. The van der Waals surface area contributed by atoms with Crippen LogP contribution >= 0.6 is 11.6 Å². The van der Waals surface area contributed by atoms with Crippen LogP contribution in [0.5, 0.6) is 5.75 Å². The summed E-state index contributed by atoms with van der Waals surface area (Å²) in [7, 11) is 0. The number of benzene rings is 2. The number of carbonyl (C=O) groups excluding carboxylic acids is 1. The van der Waals surface area contributed by atoms with Gasteiger partial charge < -0.3 is 15.2 Å². The number of carboxylic acid groups (broad SMARTS) is 1. The molecule has 0 fully saturated rings. The first-order valence-electron chi connectivity index (χ1n) is 7.06. The molecule has 0 saturated heterocycles. The number of ether oxygens (including phenoxy) is 1. The second-order valence-electron chi connectivity index (χ2n) is 4.84. The van der Waals surface area contributed by atoms with Crippen molar-refractivity contribution in [3.63, 3.8) is 0 Å². The van der Waals surface area contributed by atoms with E-state index in [1.165, 1.54) is 12.1 Å². The highest BCUT2D eigenvalue weighted by Crippen LogP contribution is 2.16. The van der Waals surface area contributed by atoms with Crippen molar-refractivity contribution in [2.75, 3.05) is 11.9 Å². The summed E-state index contributed by atoms with van der Waals surface area (Å²) in [4.78, 5) is 22.5. The summed E-state index contributed by atoms with van der Waals surface area (Å²) in [5.74, 6) is -0.436. The Balaban J connectivity index is 1.70. The van der Waals surface area contributed by atoms with E-state index in [0.717, 1.165) is 0 Å². The highest BCUT2D eigenvalue weighted by atomic mass is 35.5. The van der Waals surface area contributed by atoms with Gasteiger partial charge in [0.15, 0.2) is 0 Å². The maximum Gasteiger partial charge on any atom is 0.335 e. The van der Waals surface area contributed by atoms with E-state index in [9.17, 15) is 9.59 Å². The molecule has 120 valence electrons. The van der Waals surface area contributed by atoms with Crippen molar-refractivity contribution in [2.24, 2.45) is 0 Å². The first-order valence-corrected chi connectivity index (χ1v) is 7.44. The molecule has 6 heteroatoms. The van der Waals surface area contributed by atoms with Gasteiger partial charge in [-0.25, -0.2) is 4.79 Å². The molecule has 0 spiro atoms. The molecule has 1 amide bonds. The molecule has 23 heavy (non-hydrogen) atoms. The van der Waals surface area contributed by atoms with Crippen LogP contribution in [0.25, 0.3) is 0 Å². The van der Waals surface area contributed by atoms with Gasteiger partial charge >= 0.3 is 5.97 Å². The molecular weight excluding hydrogens is 318 g/mol. The molecule has 2 aromatic carbocycles. The topological polar surface area (TPSA) is 75.6 Å². The van der Waals surface area contributed by atoms with Crippen LogP contribution in [0.4, 0.5) is 5.69 Å². The monoisotopic (exact) mass is 333 g/mol. The Morgan fingerprint density at radius 2 is 1.70 bits per heavy atom. The Hall–Kier alpha value is -2.53. The molecule has 0 heterocycles. The zero-order chi connectivity index (χ0) is 16.7. The number of rotatable bonds is 7. The van der Waals surface area contributed by atoms with E-state index in [1.54, 1.807) is 36.4 Å². The predicted molar refractivity (Wildman–Crippen MR) is 88.2 cm³/mol. The summed E-state index contributed by atoms with van der Waals surface area (Å²) in [5.41, 5.74) is 0.748. The average molecular weight is 334 g/mol. The number of hydrogen-bond donors (Lipinski definition) is 2. The molecule has 0 aliphatic carbocycles. The lowest BCUT2D eigenvalue weighted by Crippen LogP contribution is -2.13. The number of anilines is 1. The predicted octanol–water partition coefficient (Wildman–Crippen LogP) is 3.84. The normalized spacial score (nSPS) is 10.1. The molecule has 2 aromatic rings. The van der Waals surface area contributed by atoms with Gasteiger partial charge in [-0.1, -0.05) is 11.6 Å². The second kappa shape index (κ2) is 8.19. The molecule has 2 N–H and O–H groups in total. The zero-order valence-corrected chi connectivity index (χ0v) is 13.0. The molecule has 0 atom stereocenters. The number of halogens is 1. The van der Waals surface area contributed by atoms with Crippen LogP contribution in [0, 0.1) is 0 Å². The minimum absolute atomic E-state index is 0.146. The van der Waals surface area contributed by atoms with Crippen LogP contribution in [-0.2, 0) is 4.79 Å². The van der Waals surface area contributed by atoms with Crippen molar-refractivity contribution in [3.05, 3.63) is 59.1 Å². The fourth-order valence-corrected chi connectivity index (χ4v) is 2.00. The number of aromatic carboxylic acids is 1. The third-order valence-electron chi connectivity index (χ3n) is 3.05. The van der Waals surface area contributed by atoms with Crippen LogP contribution in [-0.4, -0.2) is 23.6 Å². The van der Waals surface area contributed by atoms with Crippen molar-refractivity contribution >= 4 is 29.2 Å². The lowest BCUT2D eigenvalue weighted by atomic mass is 10.2. The third-order valence-corrected chi connectivity index (χ3v) is 3.30. The molecule has 0 aromatic heterocycles.